The monoisotopic (exact) mass is 219 g/mol. The Morgan fingerprint density at radius 3 is 2.94 bits per heavy atom. The topological polar surface area (TPSA) is 21.3 Å². The van der Waals surface area contributed by atoms with Gasteiger partial charge in [-0.3, -0.25) is 0 Å². The van der Waals surface area contributed by atoms with E-state index in [2.05, 4.69) is 30.4 Å². The second kappa shape index (κ2) is 5.35. The molecule has 0 spiro atoms. The van der Waals surface area contributed by atoms with Crippen LogP contribution < -0.4 is 10.1 Å². The number of hydrogen-bond acceptors (Lipinski definition) is 2. The molecule has 0 bridgehead atoms. The third-order valence-corrected chi connectivity index (χ3v) is 3.29. The molecule has 16 heavy (non-hydrogen) atoms. The number of benzene rings is 1. The fourth-order valence-corrected chi connectivity index (χ4v) is 2.48. The van der Waals surface area contributed by atoms with Crippen LogP contribution in [0.25, 0.3) is 0 Å². The van der Waals surface area contributed by atoms with Crippen LogP contribution in [0.2, 0.25) is 0 Å². The Hall–Kier alpha value is -1.02. The molecule has 1 heterocycles. The Labute approximate surface area is 98.0 Å². The Bertz CT molecular complexity index is 343. The number of ether oxygens (including phenoxy) is 1. The molecule has 2 nitrogen and oxygen atoms in total. The smallest absolute Gasteiger partial charge is 0.119 e. The predicted molar refractivity (Wildman–Crippen MR) is 67.2 cm³/mol. The van der Waals surface area contributed by atoms with E-state index in [-0.39, 0.29) is 0 Å². The zero-order valence-electron chi connectivity index (χ0n) is 10.3. The van der Waals surface area contributed by atoms with E-state index in [4.69, 9.17) is 4.74 Å². The molecule has 2 rings (SSSR count). The van der Waals surface area contributed by atoms with Gasteiger partial charge in [-0.1, -0.05) is 6.07 Å². The first-order valence-electron chi connectivity index (χ1n) is 6.25. The fraction of sp³-hybridized carbons (Fsp3) is 0.571. The predicted octanol–water partition coefficient (Wildman–Crippen LogP) is 2.86. The minimum atomic E-state index is 0.685. The average Bonchev–Trinajstić information content (AvgIpc) is 2.31. The van der Waals surface area contributed by atoms with Crippen molar-refractivity contribution in [3.8, 4) is 5.75 Å². The number of aryl methyl sites for hydroxylation is 1. The SMILES string of the molecule is CCOc1ccc([C@@H]2CCCNC2)c(C)c1. The first-order valence-corrected chi connectivity index (χ1v) is 6.25. The summed E-state index contributed by atoms with van der Waals surface area (Å²) in [5.41, 5.74) is 2.84. The fourth-order valence-electron chi connectivity index (χ4n) is 2.48. The van der Waals surface area contributed by atoms with Crippen molar-refractivity contribution in [2.75, 3.05) is 19.7 Å². The highest BCUT2D eigenvalue weighted by Gasteiger charge is 2.16. The molecular weight excluding hydrogens is 198 g/mol. The van der Waals surface area contributed by atoms with Crippen LogP contribution in [-0.2, 0) is 0 Å². The standard InChI is InChI=1S/C14H21NO/c1-3-16-13-6-7-14(11(2)9-13)12-5-4-8-15-10-12/h6-7,9,12,15H,3-5,8,10H2,1-2H3/t12-/m1/s1. The summed E-state index contributed by atoms with van der Waals surface area (Å²) in [6.45, 7) is 7.24. The second-order valence-corrected chi connectivity index (χ2v) is 4.49. The first kappa shape index (κ1) is 11.5. The van der Waals surface area contributed by atoms with Crippen molar-refractivity contribution in [2.45, 2.75) is 32.6 Å². The maximum atomic E-state index is 5.51. The van der Waals surface area contributed by atoms with Gasteiger partial charge in [0.05, 0.1) is 6.61 Å². The summed E-state index contributed by atoms with van der Waals surface area (Å²) in [6, 6.07) is 6.49. The zero-order valence-corrected chi connectivity index (χ0v) is 10.3. The molecule has 1 aromatic rings. The van der Waals surface area contributed by atoms with Crippen LogP contribution in [0.15, 0.2) is 18.2 Å². The summed E-state index contributed by atoms with van der Waals surface area (Å²) < 4.78 is 5.51. The summed E-state index contributed by atoms with van der Waals surface area (Å²) in [7, 11) is 0. The van der Waals surface area contributed by atoms with Crippen LogP contribution in [0, 0.1) is 6.92 Å². The molecule has 2 heteroatoms. The van der Waals surface area contributed by atoms with E-state index >= 15 is 0 Å². The maximum absolute atomic E-state index is 5.51. The normalized spacial score (nSPS) is 20.8. The first-order chi connectivity index (χ1) is 7.81. The van der Waals surface area contributed by atoms with Gasteiger partial charge in [0.2, 0.25) is 0 Å². The van der Waals surface area contributed by atoms with Gasteiger partial charge in [-0.15, -0.1) is 0 Å². The maximum Gasteiger partial charge on any atom is 0.119 e. The van der Waals surface area contributed by atoms with Crippen LogP contribution in [0.4, 0.5) is 0 Å². The molecule has 1 aliphatic heterocycles. The Balaban J connectivity index is 2.14. The number of nitrogens with one attached hydrogen (secondary N) is 1. The van der Waals surface area contributed by atoms with Gasteiger partial charge in [-0.2, -0.15) is 0 Å². The van der Waals surface area contributed by atoms with E-state index in [1.54, 1.807) is 0 Å². The highest BCUT2D eigenvalue weighted by atomic mass is 16.5. The number of hydrogen-bond donors (Lipinski definition) is 1. The third kappa shape index (κ3) is 2.56. The van der Waals surface area contributed by atoms with E-state index in [1.807, 2.05) is 6.92 Å². The van der Waals surface area contributed by atoms with Crippen LogP contribution in [0.5, 0.6) is 5.75 Å². The molecule has 1 saturated heterocycles. The molecule has 0 unspecified atom stereocenters. The van der Waals surface area contributed by atoms with Crippen LogP contribution in [0.1, 0.15) is 36.8 Å². The molecule has 88 valence electrons. The van der Waals surface area contributed by atoms with Crippen molar-refractivity contribution in [1.29, 1.82) is 0 Å². The zero-order chi connectivity index (χ0) is 11.4. The molecule has 1 fully saturated rings. The van der Waals surface area contributed by atoms with E-state index in [0.717, 1.165) is 18.9 Å². The highest BCUT2D eigenvalue weighted by Crippen LogP contribution is 2.28. The summed E-state index contributed by atoms with van der Waals surface area (Å²) in [5.74, 6) is 1.68. The Kier molecular flexibility index (Phi) is 3.83. The molecule has 0 aliphatic carbocycles. The van der Waals surface area contributed by atoms with E-state index in [1.165, 1.54) is 30.5 Å². The minimum absolute atomic E-state index is 0.685. The van der Waals surface area contributed by atoms with E-state index < -0.39 is 0 Å². The van der Waals surface area contributed by atoms with Crippen molar-refractivity contribution in [3.05, 3.63) is 29.3 Å². The largest absolute Gasteiger partial charge is 0.494 e. The highest BCUT2D eigenvalue weighted by molar-refractivity contribution is 5.37. The lowest BCUT2D eigenvalue weighted by atomic mass is 9.89. The van der Waals surface area contributed by atoms with Gasteiger partial charge in [-0.25, -0.2) is 0 Å². The molecule has 1 aliphatic rings. The quantitative estimate of drug-likeness (QED) is 0.844. The molecule has 1 aromatic carbocycles. The summed E-state index contributed by atoms with van der Waals surface area (Å²) >= 11 is 0. The van der Waals surface area contributed by atoms with Gasteiger partial charge in [-0.05, 0) is 62.4 Å². The van der Waals surface area contributed by atoms with Crippen molar-refractivity contribution in [2.24, 2.45) is 0 Å². The third-order valence-electron chi connectivity index (χ3n) is 3.29. The molecule has 0 amide bonds. The van der Waals surface area contributed by atoms with Crippen molar-refractivity contribution in [3.63, 3.8) is 0 Å². The van der Waals surface area contributed by atoms with Crippen molar-refractivity contribution in [1.82, 2.24) is 5.32 Å². The van der Waals surface area contributed by atoms with Gasteiger partial charge < -0.3 is 10.1 Å². The lowest BCUT2D eigenvalue weighted by Gasteiger charge is -2.24. The van der Waals surface area contributed by atoms with Gasteiger partial charge >= 0.3 is 0 Å². The summed E-state index contributed by atoms with van der Waals surface area (Å²) in [4.78, 5) is 0. The molecule has 1 atom stereocenters. The van der Waals surface area contributed by atoms with Crippen LogP contribution in [-0.4, -0.2) is 19.7 Å². The van der Waals surface area contributed by atoms with Crippen molar-refractivity contribution < 1.29 is 4.74 Å². The minimum Gasteiger partial charge on any atom is -0.494 e. The van der Waals surface area contributed by atoms with Gasteiger partial charge in [0.25, 0.3) is 0 Å². The molecule has 0 radical (unpaired) electrons. The molecule has 0 aromatic heterocycles. The van der Waals surface area contributed by atoms with E-state index in [9.17, 15) is 0 Å². The summed E-state index contributed by atoms with van der Waals surface area (Å²) in [5, 5.41) is 3.47. The molecule has 1 N–H and O–H groups in total. The summed E-state index contributed by atoms with van der Waals surface area (Å²) in [6.07, 6.45) is 2.60. The number of rotatable bonds is 3. The Morgan fingerprint density at radius 2 is 2.31 bits per heavy atom. The average molecular weight is 219 g/mol. The second-order valence-electron chi connectivity index (χ2n) is 4.49. The molecule has 0 saturated carbocycles. The van der Waals surface area contributed by atoms with Crippen molar-refractivity contribution >= 4 is 0 Å². The molecular formula is C14H21NO. The lowest BCUT2D eigenvalue weighted by Crippen LogP contribution is -2.28. The van der Waals surface area contributed by atoms with Gasteiger partial charge in [0.1, 0.15) is 5.75 Å². The van der Waals surface area contributed by atoms with Crippen LogP contribution >= 0.6 is 0 Å². The Morgan fingerprint density at radius 1 is 1.44 bits per heavy atom. The van der Waals surface area contributed by atoms with Gasteiger partial charge in [0.15, 0.2) is 0 Å². The van der Waals surface area contributed by atoms with E-state index in [0.29, 0.717) is 5.92 Å². The van der Waals surface area contributed by atoms with Gasteiger partial charge in [0, 0.05) is 6.54 Å². The lowest BCUT2D eigenvalue weighted by molar-refractivity contribution is 0.339. The number of piperidine rings is 1. The van der Waals surface area contributed by atoms with Crippen LogP contribution in [0.3, 0.4) is 0 Å².